The van der Waals surface area contributed by atoms with Gasteiger partial charge >= 0.3 is 0 Å². The molecule has 29 heavy (non-hydrogen) atoms. The molecule has 0 spiro atoms. The lowest BCUT2D eigenvalue weighted by atomic mass is 10.1. The second kappa shape index (κ2) is 9.27. The minimum Gasteiger partial charge on any atom is -0.384 e. The highest BCUT2D eigenvalue weighted by atomic mass is 15.1. The SMILES string of the molecule is CN(C)CCCNc1cc(-c2ccc(N3CCCCC3)cc2)nc2ccccc12. The molecule has 1 fully saturated rings. The van der Waals surface area contributed by atoms with Crippen molar-refractivity contribution in [3.05, 3.63) is 54.6 Å². The maximum Gasteiger partial charge on any atom is 0.0730 e. The van der Waals surface area contributed by atoms with Gasteiger partial charge in [-0.3, -0.25) is 0 Å². The number of hydrogen-bond donors (Lipinski definition) is 1. The zero-order chi connectivity index (χ0) is 20.1. The number of aromatic nitrogens is 1. The molecule has 0 saturated carbocycles. The van der Waals surface area contributed by atoms with Gasteiger partial charge in [0.2, 0.25) is 0 Å². The largest absolute Gasteiger partial charge is 0.384 e. The number of pyridine rings is 1. The Morgan fingerprint density at radius 2 is 1.72 bits per heavy atom. The van der Waals surface area contributed by atoms with Gasteiger partial charge in [-0.15, -0.1) is 0 Å². The summed E-state index contributed by atoms with van der Waals surface area (Å²) in [5.74, 6) is 0. The first kappa shape index (κ1) is 19.7. The van der Waals surface area contributed by atoms with E-state index in [1.54, 1.807) is 0 Å². The summed E-state index contributed by atoms with van der Waals surface area (Å²) in [5, 5.41) is 4.83. The quantitative estimate of drug-likeness (QED) is 0.560. The third kappa shape index (κ3) is 4.88. The minimum absolute atomic E-state index is 0.958. The van der Waals surface area contributed by atoms with E-state index >= 15 is 0 Å². The maximum absolute atomic E-state index is 4.94. The van der Waals surface area contributed by atoms with Gasteiger partial charge in [-0.1, -0.05) is 30.3 Å². The van der Waals surface area contributed by atoms with E-state index in [2.05, 4.69) is 83.8 Å². The number of benzene rings is 2. The summed E-state index contributed by atoms with van der Waals surface area (Å²) in [7, 11) is 4.24. The average molecular weight is 389 g/mol. The van der Waals surface area contributed by atoms with E-state index in [1.165, 1.54) is 54.7 Å². The standard InChI is InChI=1S/C25H32N4/c1-28(2)16-8-15-26-25-19-24(27-23-10-5-4-9-22(23)25)20-11-13-21(14-12-20)29-17-6-3-7-18-29/h4-5,9-14,19H,3,6-8,15-18H2,1-2H3,(H,26,27). The molecule has 1 aromatic heterocycles. The fourth-order valence-corrected chi connectivity index (χ4v) is 4.08. The Morgan fingerprint density at radius 1 is 0.966 bits per heavy atom. The van der Waals surface area contributed by atoms with Crippen molar-refractivity contribution < 1.29 is 0 Å². The van der Waals surface area contributed by atoms with Crippen LogP contribution in [0.3, 0.4) is 0 Å². The summed E-state index contributed by atoms with van der Waals surface area (Å²) in [5.41, 5.74) is 5.75. The minimum atomic E-state index is 0.958. The number of anilines is 2. The number of rotatable bonds is 7. The van der Waals surface area contributed by atoms with Gasteiger partial charge in [0.1, 0.15) is 0 Å². The van der Waals surface area contributed by atoms with Crippen LogP contribution in [-0.4, -0.2) is 50.2 Å². The fourth-order valence-electron chi connectivity index (χ4n) is 4.08. The molecular weight excluding hydrogens is 356 g/mol. The smallest absolute Gasteiger partial charge is 0.0730 e. The fraction of sp³-hybridized carbons (Fsp3) is 0.400. The molecule has 1 aliphatic heterocycles. The molecule has 3 aromatic rings. The van der Waals surface area contributed by atoms with Crippen LogP contribution in [0, 0.1) is 0 Å². The summed E-state index contributed by atoms with van der Waals surface area (Å²) >= 11 is 0. The zero-order valence-corrected chi connectivity index (χ0v) is 17.7. The normalized spacial score (nSPS) is 14.5. The van der Waals surface area contributed by atoms with Crippen molar-refractivity contribution in [2.75, 3.05) is 50.5 Å². The van der Waals surface area contributed by atoms with Crippen LogP contribution in [0.1, 0.15) is 25.7 Å². The number of para-hydroxylation sites is 1. The third-order valence-electron chi connectivity index (χ3n) is 5.70. The van der Waals surface area contributed by atoms with Gasteiger partial charge in [0.25, 0.3) is 0 Å². The monoisotopic (exact) mass is 388 g/mol. The molecule has 4 rings (SSSR count). The number of piperidine rings is 1. The van der Waals surface area contributed by atoms with Crippen molar-refractivity contribution >= 4 is 22.3 Å². The first-order chi connectivity index (χ1) is 14.2. The number of fused-ring (bicyclic) bond motifs is 1. The van der Waals surface area contributed by atoms with Crippen LogP contribution in [0.25, 0.3) is 22.2 Å². The van der Waals surface area contributed by atoms with Crippen molar-refractivity contribution in [1.82, 2.24) is 9.88 Å². The zero-order valence-electron chi connectivity index (χ0n) is 17.7. The van der Waals surface area contributed by atoms with Crippen LogP contribution in [0.15, 0.2) is 54.6 Å². The van der Waals surface area contributed by atoms with Crippen LogP contribution >= 0.6 is 0 Å². The Labute approximate surface area is 174 Å². The molecule has 2 aromatic carbocycles. The topological polar surface area (TPSA) is 31.4 Å². The lowest BCUT2D eigenvalue weighted by molar-refractivity contribution is 0.405. The van der Waals surface area contributed by atoms with E-state index < -0.39 is 0 Å². The predicted octanol–water partition coefficient (Wildman–Crippen LogP) is 5.26. The van der Waals surface area contributed by atoms with Crippen LogP contribution < -0.4 is 10.2 Å². The van der Waals surface area contributed by atoms with Crippen LogP contribution in [0.4, 0.5) is 11.4 Å². The molecular formula is C25H32N4. The van der Waals surface area contributed by atoms with Crippen molar-refractivity contribution in [2.45, 2.75) is 25.7 Å². The van der Waals surface area contributed by atoms with Crippen molar-refractivity contribution in [3.8, 4) is 11.3 Å². The van der Waals surface area contributed by atoms with E-state index in [9.17, 15) is 0 Å². The number of hydrogen-bond acceptors (Lipinski definition) is 4. The molecule has 0 atom stereocenters. The molecule has 1 N–H and O–H groups in total. The summed E-state index contributed by atoms with van der Waals surface area (Å²) in [4.78, 5) is 9.67. The van der Waals surface area contributed by atoms with Gasteiger partial charge in [0, 0.05) is 42.0 Å². The second-order valence-corrected chi connectivity index (χ2v) is 8.25. The summed E-state index contributed by atoms with van der Waals surface area (Å²) in [6.07, 6.45) is 5.08. The van der Waals surface area contributed by atoms with Gasteiger partial charge in [-0.25, -0.2) is 4.98 Å². The number of nitrogens with one attached hydrogen (secondary N) is 1. The Morgan fingerprint density at radius 3 is 2.48 bits per heavy atom. The number of nitrogens with zero attached hydrogens (tertiary/aromatic N) is 3. The van der Waals surface area contributed by atoms with Crippen LogP contribution in [0.2, 0.25) is 0 Å². The lowest BCUT2D eigenvalue weighted by Crippen LogP contribution is -2.29. The molecule has 1 aliphatic rings. The van der Waals surface area contributed by atoms with Gasteiger partial charge in [0.05, 0.1) is 11.2 Å². The van der Waals surface area contributed by atoms with Gasteiger partial charge < -0.3 is 15.1 Å². The molecule has 4 heteroatoms. The van der Waals surface area contributed by atoms with E-state index in [4.69, 9.17) is 4.98 Å². The highest BCUT2D eigenvalue weighted by Crippen LogP contribution is 2.30. The Hall–Kier alpha value is -2.59. The second-order valence-electron chi connectivity index (χ2n) is 8.25. The Bertz CT molecular complexity index is 927. The lowest BCUT2D eigenvalue weighted by Gasteiger charge is -2.28. The third-order valence-corrected chi connectivity index (χ3v) is 5.70. The Balaban J connectivity index is 1.58. The summed E-state index contributed by atoms with van der Waals surface area (Å²) in [6.45, 7) is 4.39. The molecule has 0 radical (unpaired) electrons. The molecule has 2 heterocycles. The van der Waals surface area contributed by atoms with E-state index in [1.807, 2.05) is 0 Å². The summed E-state index contributed by atoms with van der Waals surface area (Å²) in [6, 6.07) is 19.5. The molecule has 0 bridgehead atoms. The van der Waals surface area contributed by atoms with Gasteiger partial charge in [-0.2, -0.15) is 0 Å². The summed E-state index contributed by atoms with van der Waals surface area (Å²) < 4.78 is 0. The first-order valence-corrected chi connectivity index (χ1v) is 10.8. The van der Waals surface area contributed by atoms with Crippen LogP contribution in [0.5, 0.6) is 0 Å². The Kier molecular flexibility index (Phi) is 6.30. The molecule has 0 amide bonds. The van der Waals surface area contributed by atoms with Crippen molar-refractivity contribution in [1.29, 1.82) is 0 Å². The van der Waals surface area contributed by atoms with Gasteiger partial charge in [0.15, 0.2) is 0 Å². The molecule has 0 aliphatic carbocycles. The van der Waals surface area contributed by atoms with E-state index in [-0.39, 0.29) is 0 Å². The average Bonchev–Trinajstić information content (AvgIpc) is 2.77. The van der Waals surface area contributed by atoms with E-state index in [0.717, 1.165) is 30.7 Å². The van der Waals surface area contributed by atoms with E-state index in [0.29, 0.717) is 0 Å². The highest BCUT2D eigenvalue weighted by Gasteiger charge is 2.12. The van der Waals surface area contributed by atoms with Crippen LogP contribution in [-0.2, 0) is 0 Å². The molecule has 4 nitrogen and oxygen atoms in total. The van der Waals surface area contributed by atoms with Crippen molar-refractivity contribution in [2.24, 2.45) is 0 Å². The van der Waals surface area contributed by atoms with Gasteiger partial charge in [-0.05, 0) is 70.6 Å². The van der Waals surface area contributed by atoms with Crippen molar-refractivity contribution in [3.63, 3.8) is 0 Å². The molecule has 152 valence electrons. The molecule has 1 saturated heterocycles. The maximum atomic E-state index is 4.94. The molecule has 0 unspecified atom stereocenters. The predicted molar refractivity (Wildman–Crippen MR) is 125 cm³/mol. The first-order valence-electron chi connectivity index (χ1n) is 10.8. The highest BCUT2D eigenvalue weighted by molar-refractivity contribution is 5.93.